The van der Waals surface area contributed by atoms with Gasteiger partial charge in [-0.2, -0.15) is 8.78 Å². The third-order valence-corrected chi connectivity index (χ3v) is 2.99. The third kappa shape index (κ3) is 3.21. The molecule has 0 radical (unpaired) electrons. The summed E-state index contributed by atoms with van der Waals surface area (Å²) in [6.07, 6.45) is 0. The van der Waals surface area contributed by atoms with E-state index < -0.39 is 26.3 Å². The minimum atomic E-state index is -4.15. The molecule has 0 saturated heterocycles. The van der Waals surface area contributed by atoms with E-state index in [-0.39, 0.29) is 5.75 Å². The van der Waals surface area contributed by atoms with Crippen LogP contribution in [0.3, 0.4) is 0 Å². The van der Waals surface area contributed by atoms with Crippen LogP contribution < -0.4 is 9.47 Å². The van der Waals surface area contributed by atoms with Crippen LogP contribution >= 0.6 is 10.7 Å². The van der Waals surface area contributed by atoms with E-state index in [1.54, 1.807) is 0 Å². The number of hydrogen-bond donors (Lipinski definition) is 0. The van der Waals surface area contributed by atoms with Crippen LogP contribution in [0.5, 0.6) is 11.5 Å². The molecule has 0 aliphatic heterocycles. The maximum Gasteiger partial charge on any atom is 0.387 e. The van der Waals surface area contributed by atoms with Crippen molar-refractivity contribution in [3.63, 3.8) is 0 Å². The summed E-state index contributed by atoms with van der Waals surface area (Å²) in [7, 11) is 2.21. The van der Waals surface area contributed by atoms with Crippen LogP contribution in [0.15, 0.2) is 23.1 Å². The van der Waals surface area contributed by atoms with Gasteiger partial charge in [-0.1, -0.05) is 0 Å². The molecule has 0 saturated carbocycles. The first-order valence-electron chi connectivity index (χ1n) is 3.92. The molecule has 0 aromatic heterocycles. The fourth-order valence-electron chi connectivity index (χ4n) is 1.00. The summed E-state index contributed by atoms with van der Waals surface area (Å²) in [5.41, 5.74) is 0. The summed E-state index contributed by atoms with van der Waals surface area (Å²) in [6.45, 7) is -3.15. The zero-order valence-electron chi connectivity index (χ0n) is 7.98. The Morgan fingerprint density at radius 3 is 2.44 bits per heavy atom. The van der Waals surface area contributed by atoms with E-state index in [2.05, 4.69) is 4.74 Å². The lowest BCUT2D eigenvalue weighted by Crippen LogP contribution is -2.06. The Morgan fingerprint density at radius 2 is 2.00 bits per heavy atom. The number of benzene rings is 1. The average Bonchev–Trinajstić information content (AvgIpc) is 2.14. The fourth-order valence-corrected chi connectivity index (χ4v) is 1.97. The quantitative estimate of drug-likeness (QED) is 0.789. The molecule has 0 aliphatic rings. The number of rotatable bonds is 4. The largest absolute Gasteiger partial charge is 0.497 e. The smallest absolute Gasteiger partial charge is 0.387 e. The fraction of sp³-hybridized carbons (Fsp3) is 0.250. The van der Waals surface area contributed by atoms with E-state index in [0.29, 0.717) is 0 Å². The molecule has 0 N–H and O–H groups in total. The molecule has 0 amide bonds. The number of methoxy groups -OCH3 is 1. The number of halogens is 3. The highest BCUT2D eigenvalue weighted by Crippen LogP contribution is 2.31. The van der Waals surface area contributed by atoms with Crippen LogP contribution in [0, 0.1) is 0 Å². The highest BCUT2D eigenvalue weighted by molar-refractivity contribution is 8.13. The number of alkyl halides is 2. The minimum absolute atomic E-state index is 0.180. The second-order valence-electron chi connectivity index (χ2n) is 2.63. The van der Waals surface area contributed by atoms with E-state index >= 15 is 0 Å². The predicted molar refractivity (Wildman–Crippen MR) is 52.7 cm³/mol. The summed E-state index contributed by atoms with van der Waals surface area (Å²) in [4.78, 5) is -0.532. The second kappa shape index (κ2) is 4.84. The Bertz CT molecular complexity index is 475. The van der Waals surface area contributed by atoms with Crippen LogP contribution in [0.2, 0.25) is 0 Å². The molecule has 0 unspecified atom stereocenters. The number of hydrogen-bond acceptors (Lipinski definition) is 4. The van der Waals surface area contributed by atoms with Gasteiger partial charge in [0.2, 0.25) is 0 Å². The maximum absolute atomic E-state index is 12.0. The van der Waals surface area contributed by atoms with Crippen molar-refractivity contribution in [2.75, 3.05) is 7.11 Å². The molecular formula is C8H7ClF2O4S. The van der Waals surface area contributed by atoms with Crippen molar-refractivity contribution in [3.05, 3.63) is 18.2 Å². The molecule has 8 heteroatoms. The molecule has 0 atom stereocenters. The molecule has 1 aromatic rings. The second-order valence-corrected chi connectivity index (χ2v) is 5.16. The summed E-state index contributed by atoms with van der Waals surface area (Å²) >= 11 is 0. The molecule has 0 fully saturated rings. The molecule has 0 heterocycles. The van der Waals surface area contributed by atoms with Crippen molar-refractivity contribution >= 4 is 19.7 Å². The lowest BCUT2D eigenvalue weighted by atomic mass is 10.3. The lowest BCUT2D eigenvalue weighted by molar-refractivity contribution is -0.0518. The summed E-state index contributed by atoms with van der Waals surface area (Å²) in [5, 5.41) is 0. The van der Waals surface area contributed by atoms with E-state index in [1.165, 1.54) is 13.2 Å². The standard InChI is InChI=1S/C8H7ClF2O4S/c1-14-5-2-3-7(16(9,12)13)6(4-5)15-8(10)11/h2-4,8H,1H3. The molecule has 1 rings (SSSR count). The predicted octanol–water partition coefficient (Wildman–Crippen LogP) is 2.22. The zero-order chi connectivity index (χ0) is 12.3. The summed E-state index contributed by atoms with van der Waals surface area (Å²) < 4.78 is 54.9. The van der Waals surface area contributed by atoms with E-state index in [9.17, 15) is 17.2 Å². The first kappa shape index (κ1) is 13.0. The Morgan fingerprint density at radius 1 is 1.38 bits per heavy atom. The molecule has 0 aliphatic carbocycles. The van der Waals surface area contributed by atoms with Gasteiger partial charge in [-0.3, -0.25) is 0 Å². The summed E-state index contributed by atoms with van der Waals surface area (Å²) in [6, 6.07) is 3.31. The van der Waals surface area contributed by atoms with Gasteiger partial charge in [0, 0.05) is 16.7 Å². The highest BCUT2D eigenvalue weighted by Gasteiger charge is 2.20. The van der Waals surface area contributed by atoms with Gasteiger partial charge in [0.15, 0.2) is 0 Å². The first-order chi connectivity index (χ1) is 7.34. The van der Waals surface area contributed by atoms with Gasteiger partial charge in [0.1, 0.15) is 16.4 Å². The third-order valence-electron chi connectivity index (χ3n) is 1.63. The average molecular weight is 273 g/mol. The van der Waals surface area contributed by atoms with Crippen LogP contribution in [0.4, 0.5) is 8.78 Å². The van der Waals surface area contributed by atoms with Crippen molar-refractivity contribution < 1.29 is 26.7 Å². The Labute approximate surface area is 95.2 Å². The monoisotopic (exact) mass is 272 g/mol. The molecule has 4 nitrogen and oxygen atoms in total. The van der Waals surface area contributed by atoms with Gasteiger partial charge in [-0.25, -0.2) is 8.42 Å². The van der Waals surface area contributed by atoms with Crippen molar-refractivity contribution in [2.24, 2.45) is 0 Å². The van der Waals surface area contributed by atoms with Crippen molar-refractivity contribution in [1.82, 2.24) is 0 Å². The summed E-state index contributed by atoms with van der Waals surface area (Å²) in [5.74, 6) is -0.371. The van der Waals surface area contributed by atoms with Crippen LogP contribution in [0.25, 0.3) is 0 Å². The van der Waals surface area contributed by atoms with Gasteiger partial charge in [-0.15, -0.1) is 0 Å². The van der Waals surface area contributed by atoms with Crippen molar-refractivity contribution in [1.29, 1.82) is 0 Å². The Kier molecular flexibility index (Phi) is 3.93. The Hall–Kier alpha value is -1.08. The maximum atomic E-state index is 12.0. The first-order valence-corrected chi connectivity index (χ1v) is 6.23. The van der Waals surface area contributed by atoms with Gasteiger partial charge < -0.3 is 9.47 Å². The molecule has 0 bridgehead atoms. The molecule has 16 heavy (non-hydrogen) atoms. The van der Waals surface area contributed by atoms with Crippen LogP contribution in [-0.4, -0.2) is 22.1 Å². The normalized spacial score (nSPS) is 11.6. The number of ether oxygens (including phenoxy) is 2. The molecule has 0 spiro atoms. The topological polar surface area (TPSA) is 52.6 Å². The molecular weight excluding hydrogens is 266 g/mol. The van der Waals surface area contributed by atoms with Gasteiger partial charge >= 0.3 is 6.61 Å². The minimum Gasteiger partial charge on any atom is -0.497 e. The lowest BCUT2D eigenvalue weighted by Gasteiger charge is -2.09. The SMILES string of the molecule is COc1ccc(S(=O)(=O)Cl)c(OC(F)F)c1. The molecule has 90 valence electrons. The zero-order valence-corrected chi connectivity index (χ0v) is 9.56. The van der Waals surface area contributed by atoms with Crippen LogP contribution in [0.1, 0.15) is 0 Å². The van der Waals surface area contributed by atoms with Gasteiger partial charge in [-0.05, 0) is 12.1 Å². The molecule has 1 aromatic carbocycles. The van der Waals surface area contributed by atoms with E-state index in [0.717, 1.165) is 12.1 Å². The Balaban J connectivity index is 3.27. The van der Waals surface area contributed by atoms with E-state index in [1.807, 2.05) is 0 Å². The van der Waals surface area contributed by atoms with Crippen molar-refractivity contribution in [2.45, 2.75) is 11.5 Å². The van der Waals surface area contributed by atoms with Crippen molar-refractivity contribution in [3.8, 4) is 11.5 Å². The van der Waals surface area contributed by atoms with E-state index in [4.69, 9.17) is 15.4 Å². The highest BCUT2D eigenvalue weighted by atomic mass is 35.7. The van der Waals surface area contributed by atoms with Crippen LogP contribution in [-0.2, 0) is 9.05 Å². The van der Waals surface area contributed by atoms with Gasteiger partial charge in [0.05, 0.1) is 7.11 Å². The van der Waals surface area contributed by atoms with Gasteiger partial charge in [0.25, 0.3) is 9.05 Å².